The minimum Gasteiger partial charge on any atom is -0.458 e. The van der Waals surface area contributed by atoms with E-state index in [1.165, 1.54) is 23.0 Å². The Hall–Kier alpha value is -2.36. The first-order chi connectivity index (χ1) is 11.0. The van der Waals surface area contributed by atoms with Crippen molar-refractivity contribution in [1.82, 2.24) is 0 Å². The number of allylic oxidation sites excluding steroid dienone is 1. The zero-order valence-electron chi connectivity index (χ0n) is 13.2. The van der Waals surface area contributed by atoms with Crippen molar-refractivity contribution in [1.29, 1.82) is 0 Å². The molecule has 23 heavy (non-hydrogen) atoms. The predicted molar refractivity (Wildman–Crippen MR) is 83.5 cm³/mol. The SMILES string of the molecule is CC1=C[C@H](O/C=C2/C(=O)C[C@@H]3c4cc(C)ccc4C[C@H]23)OC1=O. The van der Waals surface area contributed by atoms with Crippen molar-refractivity contribution in [3.8, 4) is 0 Å². The number of carbonyl (C=O) groups is 2. The summed E-state index contributed by atoms with van der Waals surface area (Å²) in [6.45, 7) is 3.76. The first kappa shape index (κ1) is 14.2. The van der Waals surface area contributed by atoms with Crippen LogP contribution in [0.4, 0.5) is 0 Å². The van der Waals surface area contributed by atoms with Crippen LogP contribution in [-0.4, -0.2) is 18.0 Å². The molecule has 0 amide bonds. The lowest BCUT2D eigenvalue weighted by atomic mass is 9.94. The summed E-state index contributed by atoms with van der Waals surface area (Å²) in [5.41, 5.74) is 5.11. The predicted octanol–water partition coefficient (Wildman–Crippen LogP) is 2.95. The van der Waals surface area contributed by atoms with Gasteiger partial charge in [0.05, 0.1) is 6.26 Å². The van der Waals surface area contributed by atoms with Crippen LogP contribution in [0.1, 0.15) is 36.0 Å². The quantitative estimate of drug-likeness (QED) is 0.479. The Balaban J connectivity index is 1.56. The van der Waals surface area contributed by atoms with Gasteiger partial charge < -0.3 is 9.47 Å². The fourth-order valence-corrected chi connectivity index (χ4v) is 3.81. The van der Waals surface area contributed by atoms with E-state index in [1.807, 2.05) is 0 Å². The highest BCUT2D eigenvalue weighted by molar-refractivity contribution is 5.99. The topological polar surface area (TPSA) is 52.6 Å². The van der Waals surface area contributed by atoms with Crippen LogP contribution in [0.3, 0.4) is 0 Å². The molecule has 118 valence electrons. The summed E-state index contributed by atoms with van der Waals surface area (Å²) < 4.78 is 10.6. The second-order valence-corrected chi connectivity index (χ2v) is 6.58. The Morgan fingerprint density at radius 2 is 2.00 bits per heavy atom. The molecule has 2 aliphatic carbocycles. The van der Waals surface area contributed by atoms with Crippen LogP contribution in [0, 0.1) is 12.8 Å². The third-order valence-electron chi connectivity index (χ3n) is 5.01. The van der Waals surface area contributed by atoms with E-state index >= 15 is 0 Å². The largest absolute Gasteiger partial charge is 0.458 e. The van der Waals surface area contributed by atoms with Crippen molar-refractivity contribution in [3.05, 3.63) is 58.4 Å². The molecule has 1 aromatic rings. The van der Waals surface area contributed by atoms with E-state index in [9.17, 15) is 9.59 Å². The van der Waals surface area contributed by atoms with Gasteiger partial charge in [-0.1, -0.05) is 23.8 Å². The molecular weight excluding hydrogens is 292 g/mol. The highest BCUT2D eigenvalue weighted by atomic mass is 16.7. The number of benzene rings is 1. The van der Waals surface area contributed by atoms with Gasteiger partial charge in [-0.2, -0.15) is 0 Å². The molecule has 0 unspecified atom stereocenters. The fraction of sp³-hybridized carbons (Fsp3) is 0.368. The Labute approximate surface area is 134 Å². The van der Waals surface area contributed by atoms with E-state index in [0.717, 1.165) is 12.0 Å². The van der Waals surface area contributed by atoms with Crippen LogP contribution in [0.5, 0.6) is 0 Å². The maximum atomic E-state index is 12.3. The Morgan fingerprint density at radius 1 is 1.17 bits per heavy atom. The number of hydrogen-bond donors (Lipinski definition) is 0. The number of ketones is 1. The second-order valence-electron chi connectivity index (χ2n) is 6.58. The third-order valence-corrected chi connectivity index (χ3v) is 5.01. The first-order valence-corrected chi connectivity index (χ1v) is 7.90. The molecule has 0 aromatic heterocycles. The lowest BCUT2D eigenvalue weighted by molar-refractivity contribution is -0.152. The normalized spacial score (nSPS) is 30.3. The molecule has 1 fully saturated rings. The molecule has 4 nitrogen and oxygen atoms in total. The summed E-state index contributed by atoms with van der Waals surface area (Å²) in [5, 5.41) is 0. The lowest BCUT2D eigenvalue weighted by Gasteiger charge is -2.12. The molecule has 3 aliphatic rings. The molecule has 4 heteroatoms. The summed E-state index contributed by atoms with van der Waals surface area (Å²) in [4.78, 5) is 23.7. The highest BCUT2D eigenvalue weighted by Gasteiger charge is 2.44. The average molecular weight is 310 g/mol. The molecule has 0 spiro atoms. The number of esters is 1. The van der Waals surface area contributed by atoms with E-state index in [1.54, 1.807) is 13.0 Å². The van der Waals surface area contributed by atoms with Crippen LogP contribution in [0.15, 0.2) is 41.7 Å². The molecule has 1 heterocycles. The van der Waals surface area contributed by atoms with Crippen LogP contribution in [-0.2, 0) is 25.5 Å². The summed E-state index contributed by atoms with van der Waals surface area (Å²) in [5.74, 6) is 0.210. The smallest absolute Gasteiger partial charge is 0.336 e. The molecule has 3 atom stereocenters. The van der Waals surface area contributed by atoms with Crippen molar-refractivity contribution < 1.29 is 19.1 Å². The van der Waals surface area contributed by atoms with Crippen molar-refractivity contribution in [2.45, 2.75) is 38.9 Å². The number of Topliss-reactive ketones (excluding diaryl/α,β-unsaturated/α-hetero) is 1. The minimum atomic E-state index is -0.715. The second kappa shape index (κ2) is 5.08. The van der Waals surface area contributed by atoms with E-state index < -0.39 is 6.29 Å². The maximum Gasteiger partial charge on any atom is 0.336 e. The van der Waals surface area contributed by atoms with E-state index in [4.69, 9.17) is 9.47 Å². The third kappa shape index (κ3) is 2.29. The molecule has 1 aliphatic heterocycles. The summed E-state index contributed by atoms with van der Waals surface area (Å²) in [6.07, 6.45) is 3.84. The zero-order valence-corrected chi connectivity index (χ0v) is 13.2. The number of cyclic esters (lactones) is 1. The monoisotopic (exact) mass is 310 g/mol. The number of carbonyl (C=O) groups excluding carboxylic acids is 2. The highest BCUT2D eigenvalue weighted by Crippen LogP contribution is 2.49. The van der Waals surface area contributed by atoms with E-state index in [-0.39, 0.29) is 23.6 Å². The van der Waals surface area contributed by atoms with Gasteiger partial charge in [-0.15, -0.1) is 0 Å². The standard InChI is InChI=1S/C19H18O4/c1-10-3-4-12-7-14-15(13(12)5-10)8-17(20)16(14)9-22-18-6-11(2)19(21)23-18/h3-6,9,14-15,18H,7-8H2,1-2H3/b16-9+/t14-,15+,18+/m0/s1. The van der Waals surface area contributed by atoms with Gasteiger partial charge >= 0.3 is 5.97 Å². The first-order valence-electron chi connectivity index (χ1n) is 7.90. The van der Waals surface area contributed by atoms with Gasteiger partial charge in [0.1, 0.15) is 0 Å². The van der Waals surface area contributed by atoms with Gasteiger partial charge in [-0.05, 0) is 37.3 Å². The van der Waals surface area contributed by atoms with Gasteiger partial charge in [-0.25, -0.2) is 4.79 Å². The van der Waals surface area contributed by atoms with Crippen LogP contribution < -0.4 is 0 Å². The van der Waals surface area contributed by atoms with Crippen molar-refractivity contribution in [2.75, 3.05) is 0 Å². The Morgan fingerprint density at radius 3 is 2.74 bits per heavy atom. The molecule has 4 rings (SSSR count). The van der Waals surface area contributed by atoms with Gasteiger partial charge in [0.25, 0.3) is 6.29 Å². The lowest BCUT2D eigenvalue weighted by Crippen LogP contribution is -2.11. The number of ether oxygens (including phenoxy) is 2. The van der Waals surface area contributed by atoms with Gasteiger partial charge in [0.15, 0.2) is 5.78 Å². The molecule has 0 N–H and O–H groups in total. The van der Waals surface area contributed by atoms with Crippen LogP contribution in [0.25, 0.3) is 0 Å². The Kier molecular flexibility index (Phi) is 3.15. The average Bonchev–Trinajstić information content (AvgIpc) is 3.10. The number of aryl methyl sites for hydroxylation is 1. The van der Waals surface area contributed by atoms with Gasteiger partial charge in [0, 0.05) is 29.6 Å². The van der Waals surface area contributed by atoms with Crippen LogP contribution >= 0.6 is 0 Å². The van der Waals surface area contributed by atoms with Crippen molar-refractivity contribution >= 4 is 11.8 Å². The molecule has 0 radical (unpaired) electrons. The molecule has 0 bridgehead atoms. The van der Waals surface area contributed by atoms with Gasteiger partial charge in [-0.3, -0.25) is 4.79 Å². The summed E-state index contributed by atoms with van der Waals surface area (Å²) in [6, 6.07) is 6.48. The minimum absolute atomic E-state index is 0.136. The van der Waals surface area contributed by atoms with E-state index in [2.05, 4.69) is 25.1 Å². The maximum absolute atomic E-state index is 12.3. The molecule has 1 saturated carbocycles. The molecule has 0 saturated heterocycles. The van der Waals surface area contributed by atoms with Crippen molar-refractivity contribution in [3.63, 3.8) is 0 Å². The molecular formula is C19H18O4. The van der Waals surface area contributed by atoms with Crippen LogP contribution in [0.2, 0.25) is 0 Å². The van der Waals surface area contributed by atoms with Gasteiger partial charge in [0.2, 0.25) is 0 Å². The summed E-state index contributed by atoms with van der Waals surface area (Å²) in [7, 11) is 0. The Bertz CT molecular complexity index is 772. The number of fused-ring (bicyclic) bond motifs is 3. The molecule has 1 aromatic carbocycles. The number of rotatable bonds is 2. The van der Waals surface area contributed by atoms with Crippen molar-refractivity contribution in [2.24, 2.45) is 5.92 Å². The van der Waals surface area contributed by atoms with E-state index in [0.29, 0.717) is 12.0 Å². The zero-order chi connectivity index (χ0) is 16.1. The fourth-order valence-electron chi connectivity index (χ4n) is 3.81. The number of hydrogen-bond acceptors (Lipinski definition) is 4. The summed E-state index contributed by atoms with van der Waals surface area (Å²) >= 11 is 0.